The molecule has 1 aromatic carbocycles. The molecule has 0 aromatic heterocycles. The highest BCUT2D eigenvalue weighted by Gasteiger charge is 2.37. The van der Waals surface area contributed by atoms with Gasteiger partial charge in [0, 0.05) is 17.4 Å². The summed E-state index contributed by atoms with van der Waals surface area (Å²) in [6.07, 6.45) is 7.51. The zero-order chi connectivity index (χ0) is 18.7. The maximum Gasteiger partial charge on any atom is 0.126 e. The number of oxime groups is 1. The Balaban J connectivity index is 1.82. The number of ether oxygens (including phenoxy) is 1. The molecule has 0 spiro atoms. The van der Waals surface area contributed by atoms with Gasteiger partial charge in [-0.1, -0.05) is 51.6 Å². The predicted octanol–water partition coefficient (Wildman–Crippen LogP) is 5.82. The topological polar surface area (TPSA) is 62.0 Å². The molecule has 2 N–H and O–H groups in total. The molecule has 0 saturated heterocycles. The van der Waals surface area contributed by atoms with Gasteiger partial charge in [0.2, 0.25) is 0 Å². The smallest absolute Gasteiger partial charge is 0.126 e. The van der Waals surface area contributed by atoms with Gasteiger partial charge in [0.05, 0.1) is 12.3 Å². The Bertz CT molecular complexity index is 655. The lowest BCUT2D eigenvalue weighted by Gasteiger charge is -2.38. The zero-order valence-electron chi connectivity index (χ0n) is 16.4. The highest BCUT2D eigenvalue weighted by molar-refractivity contribution is 5.86. The molecule has 144 valence electrons. The summed E-state index contributed by atoms with van der Waals surface area (Å²) in [5.74, 6) is 2.75. The summed E-state index contributed by atoms with van der Waals surface area (Å²) < 4.78 is 6.05. The molecule has 4 atom stereocenters. The molecule has 0 radical (unpaired) electrons. The van der Waals surface area contributed by atoms with Crippen LogP contribution in [-0.4, -0.2) is 22.6 Å². The van der Waals surface area contributed by atoms with Crippen LogP contribution in [0.4, 0.5) is 0 Å². The largest absolute Gasteiger partial charge is 0.508 e. The van der Waals surface area contributed by atoms with E-state index in [-0.39, 0.29) is 5.92 Å². The number of fused-ring (bicyclic) bond motifs is 3. The van der Waals surface area contributed by atoms with Crippen LogP contribution in [0.3, 0.4) is 0 Å². The second-order valence-corrected chi connectivity index (χ2v) is 8.30. The maximum absolute atomic E-state index is 10.8. The summed E-state index contributed by atoms with van der Waals surface area (Å²) in [6, 6.07) is 4.08. The van der Waals surface area contributed by atoms with Crippen molar-refractivity contribution in [1.82, 2.24) is 0 Å². The summed E-state index contributed by atoms with van der Waals surface area (Å²) in [6.45, 7) is 7.48. The van der Waals surface area contributed by atoms with E-state index in [2.05, 4.69) is 32.0 Å². The van der Waals surface area contributed by atoms with Crippen LogP contribution in [0.25, 0.3) is 0 Å². The Morgan fingerprint density at radius 2 is 2.08 bits per heavy atom. The SMILES string of the molecule is CCCCCC(C)C(C)c1cc(O)c2c(c1)OCC1CCC(=NO)CC21. The maximum atomic E-state index is 10.8. The van der Waals surface area contributed by atoms with Crippen LogP contribution in [0.5, 0.6) is 11.5 Å². The highest BCUT2D eigenvalue weighted by atomic mass is 16.5. The van der Waals surface area contributed by atoms with E-state index < -0.39 is 0 Å². The van der Waals surface area contributed by atoms with Crippen LogP contribution < -0.4 is 4.74 Å². The van der Waals surface area contributed by atoms with Crippen LogP contribution in [0.1, 0.15) is 88.7 Å². The first-order chi connectivity index (χ1) is 12.5. The third kappa shape index (κ3) is 3.84. The van der Waals surface area contributed by atoms with Crippen LogP contribution in [0.2, 0.25) is 0 Å². The van der Waals surface area contributed by atoms with Gasteiger partial charge < -0.3 is 15.1 Å². The van der Waals surface area contributed by atoms with Gasteiger partial charge in [-0.3, -0.25) is 0 Å². The van der Waals surface area contributed by atoms with Crippen molar-refractivity contribution in [2.45, 2.75) is 77.6 Å². The molecular formula is C22H33NO3. The highest BCUT2D eigenvalue weighted by Crippen LogP contribution is 2.49. The fraction of sp³-hybridized carbons (Fsp3) is 0.682. The lowest BCUT2D eigenvalue weighted by Crippen LogP contribution is -2.32. The number of phenolic OH excluding ortho intramolecular Hbond substituents is 1. The average Bonchev–Trinajstić information content (AvgIpc) is 2.66. The average molecular weight is 360 g/mol. The summed E-state index contributed by atoms with van der Waals surface area (Å²) in [7, 11) is 0. The van der Waals surface area contributed by atoms with Gasteiger partial charge in [-0.05, 0) is 48.8 Å². The Kier molecular flexibility index (Phi) is 6.10. The summed E-state index contributed by atoms with van der Waals surface area (Å²) in [5, 5.41) is 23.4. The Hall–Kier alpha value is -1.71. The van der Waals surface area contributed by atoms with Crippen LogP contribution in [-0.2, 0) is 0 Å². The number of rotatable bonds is 6. The van der Waals surface area contributed by atoms with Gasteiger partial charge in [0.15, 0.2) is 0 Å². The van der Waals surface area contributed by atoms with Crippen LogP contribution >= 0.6 is 0 Å². The van der Waals surface area contributed by atoms with E-state index in [9.17, 15) is 5.11 Å². The second-order valence-electron chi connectivity index (χ2n) is 8.30. The van der Waals surface area contributed by atoms with Gasteiger partial charge in [-0.25, -0.2) is 0 Å². The number of aromatic hydroxyl groups is 1. The summed E-state index contributed by atoms with van der Waals surface area (Å²) in [5.41, 5.74) is 2.91. The molecular weight excluding hydrogens is 326 g/mol. The summed E-state index contributed by atoms with van der Waals surface area (Å²) >= 11 is 0. The van der Waals surface area contributed by atoms with Crippen molar-refractivity contribution in [1.29, 1.82) is 0 Å². The predicted molar refractivity (Wildman–Crippen MR) is 105 cm³/mol. The van der Waals surface area contributed by atoms with Gasteiger partial charge in [0.1, 0.15) is 11.5 Å². The normalized spacial score (nSPS) is 25.9. The van der Waals surface area contributed by atoms with Crippen LogP contribution in [0, 0.1) is 11.8 Å². The molecule has 1 heterocycles. The number of benzene rings is 1. The Morgan fingerprint density at radius 3 is 2.81 bits per heavy atom. The van der Waals surface area contributed by atoms with E-state index in [0.717, 1.165) is 35.4 Å². The first-order valence-electron chi connectivity index (χ1n) is 10.2. The molecule has 26 heavy (non-hydrogen) atoms. The third-order valence-electron chi connectivity index (χ3n) is 6.58. The number of hydrogen-bond donors (Lipinski definition) is 2. The van der Waals surface area contributed by atoms with Crippen molar-refractivity contribution in [3.8, 4) is 11.5 Å². The fourth-order valence-corrected chi connectivity index (χ4v) is 4.58. The molecule has 4 nitrogen and oxygen atoms in total. The van der Waals surface area contributed by atoms with E-state index in [0.29, 0.717) is 36.5 Å². The fourth-order valence-electron chi connectivity index (χ4n) is 4.58. The van der Waals surface area contributed by atoms with Gasteiger partial charge in [-0.2, -0.15) is 0 Å². The molecule has 0 bridgehead atoms. The van der Waals surface area contributed by atoms with Gasteiger partial charge >= 0.3 is 0 Å². The van der Waals surface area contributed by atoms with Crippen molar-refractivity contribution in [3.63, 3.8) is 0 Å². The van der Waals surface area contributed by atoms with Gasteiger partial charge in [-0.15, -0.1) is 0 Å². The quantitative estimate of drug-likeness (QED) is 0.382. The second kappa shape index (κ2) is 8.32. The molecule has 1 saturated carbocycles. The molecule has 4 heteroatoms. The molecule has 4 unspecified atom stereocenters. The van der Waals surface area contributed by atoms with E-state index >= 15 is 0 Å². The Labute approximate surface area is 157 Å². The minimum absolute atomic E-state index is 0.199. The molecule has 1 aliphatic carbocycles. The van der Waals surface area contributed by atoms with E-state index in [1.807, 2.05) is 6.07 Å². The van der Waals surface area contributed by atoms with E-state index in [1.54, 1.807) is 0 Å². The third-order valence-corrected chi connectivity index (χ3v) is 6.58. The number of hydrogen-bond acceptors (Lipinski definition) is 4. The lowest BCUT2D eigenvalue weighted by atomic mass is 9.72. The standard InChI is InChI=1S/C22H33NO3/c1-4-5-6-7-14(2)15(3)17-10-20(24)22-19-12-18(23-25)9-8-16(19)13-26-21(22)11-17/h10-11,14-16,19,24-25H,4-9,12-13H2,1-3H3. The number of nitrogens with zero attached hydrogens (tertiary/aromatic N) is 1. The first kappa shape index (κ1) is 19.1. The number of unbranched alkanes of at least 4 members (excludes halogenated alkanes) is 2. The van der Waals surface area contributed by atoms with Crippen molar-refractivity contribution >= 4 is 5.71 Å². The monoisotopic (exact) mass is 359 g/mol. The minimum atomic E-state index is 0.199. The van der Waals surface area contributed by atoms with Crippen molar-refractivity contribution in [3.05, 3.63) is 23.3 Å². The minimum Gasteiger partial charge on any atom is -0.508 e. The van der Waals surface area contributed by atoms with Crippen molar-refractivity contribution in [2.24, 2.45) is 17.0 Å². The zero-order valence-corrected chi connectivity index (χ0v) is 16.4. The molecule has 1 aliphatic heterocycles. The Morgan fingerprint density at radius 1 is 1.27 bits per heavy atom. The molecule has 2 aliphatic rings. The summed E-state index contributed by atoms with van der Waals surface area (Å²) in [4.78, 5) is 0. The lowest BCUT2D eigenvalue weighted by molar-refractivity contribution is 0.175. The van der Waals surface area contributed by atoms with Gasteiger partial charge in [0.25, 0.3) is 0 Å². The molecule has 3 rings (SSSR count). The van der Waals surface area contributed by atoms with Crippen LogP contribution in [0.15, 0.2) is 17.3 Å². The molecule has 0 amide bonds. The molecule has 1 fully saturated rings. The number of phenols is 1. The van der Waals surface area contributed by atoms with E-state index in [4.69, 9.17) is 9.94 Å². The van der Waals surface area contributed by atoms with E-state index in [1.165, 1.54) is 25.7 Å². The van der Waals surface area contributed by atoms with Crippen molar-refractivity contribution < 1.29 is 15.1 Å². The first-order valence-corrected chi connectivity index (χ1v) is 10.2. The molecule has 1 aromatic rings. The van der Waals surface area contributed by atoms with Crippen molar-refractivity contribution in [2.75, 3.05) is 6.61 Å².